The van der Waals surface area contributed by atoms with Crippen molar-refractivity contribution in [1.82, 2.24) is 4.90 Å². The molecule has 1 fully saturated rings. The van der Waals surface area contributed by atoms with Crippen LogP contribution in [-0.4, -0.2) is 28.3 Å². The van der Waals surface area contributed by atoms with E-state index in [1.54, 1.807) is 11.0 Å². The minimum Gasteiger partial charge on any atom is -0.336 e. The number of likely N-dealkylation sites (tertiary alicyclic amines) is 1. The van der Waals surface area contributed by atoms with Crippen LogP contribution in [0.1, 0.15) is 41.3 Å². The molecular weight excluding hydrogens is 244 g/mol. The summed E-state index contributed by atoms with van der Waals surface area (Å²) in [5.41, 5.74) is 1.85. The van der Waals surface area contributed by atoms with E-state index in [-0.39, 0.29) is 23.2 Å². The smallest absolute Gasteiger partial charge is 0.282 e. The van der Waals surface area contributed by atoms with E-state index in [1.165, 1.54) is 6.07 Å². The summed E-state index contributed by atoms with van der Waals surface area (Å²) in [7, 11) is 0. The minimum absolute atomic E-state index is 0.0906. The van der Waals surface area contributed by atoms with Gasteiger partial charge in [0.2, 0.25) is 0 Å². The number of hydrogen-bond acceptors (Lipinski definition) is 3. The number of hydrogen-bond donors (Lipinski definition) is 0. The van der Waals surface area contributed by atoms with E-state index in [0.717, 1.165) is 24.0 Å². The molecule has 0 bridgehead atoms. The van der Waals surface area contributed by atoms with E-state index < -0.39 is 4.92 Å². The van der Waals surface area contributed by atoms with Crippen LogP contribution in [0.15, 0.2) is 12.1 Å². The predicted octanol–water partition coefficient (Wildman–Crippen LogP) is 2.84. The Hall–Kier alpha value is -1.91. The zero-order valence-electron chi connectivity index (χ0n) is 11.5. The summed E-state index contributed by atoms with van der Waals surface area (Å²) in [6.45, 7) is 6.35. The summed E-state index contributed by atoms with van der Waals surface area (Å²) in [5, 5.41) is 11.1. The highest BCUT2D eigenvalue weighted by molar-refractivity contribution is 5.98. The fraction of sp³-hybridized carbons (Fsp3) is 0.500. The summed E-state index contributed by atoms with van der Waals surface area (Å²) >= 11 is 0. The van der Waals surface area contributed by atoms with Gasteiger partial charge in [0.15, 0.2) is 0 Å². The molecule has 1 heterocycles. The van der Waals surface area contributed by atoms with Gasteiger partial charge in [-0.15, -0.1) is 0 Å². The quantitative estimate of drug-likeness (QED) is 0.608. The Labute approximate surface area is 112 Å². The molecular formula is C14H18N2O3. The van der Waals surface area contributed by atoms with Crippen LogP contribution in [0, 0.1) is 24.0 Å². The zero-order chi connectivity index (χ0) is 14.2. The normalized spacial score (nSPS) is 18.7. The third kappa shape index (κ3) is 2.45. The van der Waals surface area contributed by atoms with Gasteiger partial charge >= 0.3 is 0 Å². The number of carbonyl (C=O) groups is 1. The first kappa shape index (κ1) is 13.5. The van der Waals surface area contributed by atoms with Crippen molar-refractivity contribution in [3.63, 3.8) is 0 Å². The number of nitro groups is 1. The number of carbonyl (C=O) groups excluding carboxylic acids is 1. The first-order valence-corrected chi connectivity index (χ1v) is 6.48. The largest absolute Gasteiger partial charge is 0.336 e. The number of nitro benzene ring substituents is 1. The van der Waals surface area contributed by atoms with Crippen LogP contribution < -0.4 is 0 Å². The molecule has 1 atom stereocenters. The van der Waals surface area contributed by atoms with Crippen LogP contribution >= 0.6 is 0 Å². The summed E-state index contributed by atoms with van der Waals surface area (Å²) in [6.07, 6.45) is 1.93. The van der Waals surface area contributed by atoms with Gasteiger partial charge in [-0.1, -0.05) is 0 Å². The van der Waals surface area contributed by atoms with E-state index in [2.05, 4.69) is 0 Å². The van der Waals surface area contributed by atoms with E-state index >= 15 is 0 Å². The van der Waals surface area contributed by atoms with Crippen LogP contribution in [0.2, 0.25) is 0 Å². The van der Waals surface area contributed by atoms with Crippen molar-refractivity contribution >= 4 is 11.6 Å². The van der Waals surface area contributed by atoms with Crippen LogP contribution in [-0.2, 0) is 0 Å². The molecule has 0 radical (unpaired) electrons. The van der Waals surface area contributed by atoms with E-state index in [9.17, 15) is 14.9 Å². The molecule has 19 heavy (non-hydrogen) atoms. The Morgan fingerprint density at radius 3 is 2.53 bits per heavy atom. The minimum atomic E-state index is -0.472. The number of nitrogens with zero attached hydrogens (tertiary/aromatic N) is 2. The fourth-order valence-electron chi connectivity index (χ4n) is 2.51. The molecule has 1 aliphatic rings. The lowest BCUT2D eigenvalue weighted by atomic mass is 10.0. The van der Waals surface area contributed by atoms with Crippen LogP contribution in [0.3, 0.4) is 0 Å². The maximum atomic E-state index is 12.5. The number of amides is 1. The third-order valence-electron chi connectivity index (χ3n) is 3.85. The van der Waals surface area contributed by atoms with Crippen LogP contribution in [0.5, 0.6) is 0 Å². The Morgan fingerprint density at radius 1 is 1.37 bits per heavy atom. The van der Waals surface area contributed by atoms with Gasteiger partial charge in [-0.05, 0) is 50.8 Å². The Morgan fingerprint density at radius 2 is 2.00 bits per heavy atom. The molecule has 1 aromatic rings. The van der Waals surface area contributed by atoms with Crippen molar-refractivity contribution < 1.29 is 9.72 Å². The second-order valence-corrected chi connectivity index (χ2v) is 5.20. The van der Waals surface area contributed by atoms with Crippen molar-refractivity contribution in [1.29, 1.82) is 0 Å². The van der Waals surface area contributed by atoms with Crippen molar-refractivity contribution in [2.24, 2.45) is 0 Å². The molecule has 1 aliphatic heterocycles. The number of benzene rings is 1. The van der Waals surface area contributed by atoms with Crippen molar-refractivity contribution in [3.05, 3.63) is 38.9 Å². The van der Waals surface area contributed by atoms with Gasteiger partial charge in [0.05, 0.1) is 4.92 Å². The van der Waals surface area contributed by atoms with Crippen LogP contribution in [0.4, 0.5) is 5.69 Å². The SMILES string of the molecule is Cc1cc(C(=O)N2CCC[C@H]2C)c([N+](=O)[O-])cc1C. The lowest BCUT2D eigenvalue weighted by Crippen LogP contribution is -2.34. The average molecular weight is 262 g/mol. The fourth-order valence-corrected chi connectivity index (χ4v) is 2.51. The Kier molecular flexibility index (Phi) is 3.55. The summed E-state index contributed by atoms with van der Waals surface area (Å²) in [5.74, 6) is -0.222. The van der Waals surface area contributed by atoms with E-state index in [4.69, 9.17) is 0 Å². The molecule has 1 saturated heterocycles. The average Bonchev–Trinajstić information content (AvgIpc) is 2.77. The molecule has 5 nitrogen and oxygen atoms in total. The highest BCUT2D eigenvalue weighted by Gasteiger charge is 2.30. The second-order valence-electron chi connectivity index (χ2n) is 5.20. The molecule has 102 valence electrons. The Balaban J connectivity index is 2.46. The Bertz CT molecular complexity index is 540. The maximum absolute atomic E-state index is 12.5. The molecule has 5 heteroatoms. The van der Waals surface area contributed by atoms with Crippen molar-refractivity contribution in [3.8, 4) is 0 Å². The standard InChI is InChI=1S/C14H18N2O3/c1-9-7-12(13(16(18)19)8-10(9)2)14(17)15-6-4-5-11(15)3/h7-8,11H,4-6H2,1-3H3/t11-/m1/s1. The number of aryl methyl sites for hydroxylation is 2. The lowest BCUT2D eigenvalue weighted by Gasteiger charge is -2.21. The van der Waals surface area contributed by atoms with Crippen molar-refractivity contribution in [2.75, 3.05) is 6.54 Å². The molecule has 0 spiro atoms. The lowest BCUT2D eigenvalue weighted by molar-refractivity contribution is -0.385. The molecule has 0 saturated carbocycles. The second kappa shape index (κ2) is 4.99. The highest BCUT2D eigenvalue weighted by Crippen LogP contribution is 2.27. The predicted molar refractivity (Wildman–Crippen MR) is 72.3 cm³/mol. The van der Waals surface area contributed by atoms with Crippen LogP contribution in [0.25, 0.3) is 0 Å². The van der Waals surface area contributed by atoms with E-state index in [0.29, 0.717) is 6.54 Å². The molecule has 0 N–H and O–H groups in total. The monoisotopic (exact) mass is 262 g/mol. The first-order chi connectivity index (χ1) is 8.91. The van der Waals surface area contributed by atoms with Gasteiger partial charge in [-0.25, -0.2) is 0 Å². The molecule has 2 rings (SSSR count). The third-order valence-corrected chi connectivity index (χ3v) is 3.85. The molecule has 0 aromatic heterocycles. The number of rotatable bonds is 2. The topological polar surface area (TPSA) is 63.5 Å². The van der Waals surface area contributed by atoms with Gasteiger partial charge in [-0.3, -0.25) is 14.9 Å². The van der Waals surface area contributed by atoms with Crippen molar-refractivity contribution in [2.45, 2.75) is 39.7 Å². The molecule has 0 aliphatic carbocycles. The van der Waals surface area contributed by atoms with E-state index in [1.807, 2.05) is 20.8 Å². The van der Waals surface area contributed by atoms with Gasteiger partial charge in [0.1, 0.15) is 5.56 Å². The van der Waals surface area contributed by atoms with Gasteiger partial charge in [0.25, 0.3) is 11.6 Å². The highest BCUT2D eigenvalue weighted by atomic mass is 16.6. The van der Waals surface area contributed by atoms with Gasteiger partial charge < -0.3 is 4.90 Å². The molecule has 0 unspecified atom stereocenters. The summed E-state index contributed by atoms with van der Waals surface area (Å²) < 4.78 is 0. The van der Waals surface area contributed by atoms with Gasteiger partial charge in [-0.2, -0.15) is 0 Å². The molecule has 1 aromatic carbocycles. The zero-order valence-corrected chi connectivity index (χ0v) is 11.5. The first-order valence-electron chi connectivity index (χ1n) is 6.48. The summed E-state index contributed by atoms with van der Waals surface area (Å²) in [6, 6.07) is 3.29. The summed E-state index contributed by atoms with van der Waals surface area (Å²) in [4.78, 5) is 24.9. The maximum Gasteiger partial charge on any atom is 0.282 e. The molecule has 1 amide bonds. The van der Waals surface area contributed by atoms with Gasteiger partial charge in [0, 0.05) is 18.7 Å².